The molecule has 0 fully saturated rings. The topological polar surface area (TPSA) is 119 Å². The number of benzene rings is 1. The van der Waals surface area contributed by atoms with Gasteiger partial charge in [-0.1, -0.05) is 18.2 Å². The van der Waals surface area contributed by atoms with Crippen molar-refractivity contribution in [2.75, 3.05) is 13.7 Å². The molecule has 9 nitrogen and oxygen atoms in total. The summed E-state index contributed by atoms with van der Waals surface area (Å²) in [5, 5.41) is 2.35. The number of carbonyl (C=O) groups excluding carboxylic acids is 3. The van der Waals surface area contributed by atoms with Crippen molar-refractivity contribution in [2.45, 2.75) is 13.5 Å². The number of rotatable bonds is 7. The molecule has 2 rings (SSSR count). The van der Waals surface area contributed by atoms with E-state index in [0.29, 0.717) is 17.3 Å². The highest BCUT2D eigenvalue weighted by atomic mass is 16.5. The van der Waals surface area contributed by atoms with Gasteiger partial charge < -0.3 is 19.2 Å². The van der Waals surface area contributed by atoms with Gasteiger partial charge in [0.2, 0.25) is 0 Å². The summed E-state index contributed by atoms with van der Waals surface area (Å²) in [5.41, 5.74) is 5.02. The van der Waals surface area contributed by atoms with Gasteiger partial charge >= 0.3 is 11.8 Å². The summed E-state index contributed by atoms with van der Waals surface area (Å²) in [7, 11) is 1.49. The molecular weight excluding hydrogens is 366 g/mol. The largest absolute Gasteiger partial charge is 0.493 e. The van der Waals surface area contributed by atoms with Crippen LogP contribution >= 0.6 is 0 Å². The lowest BCUT2D eigenvalue weighted by molar-refractivity contribution is -0.141. The maximum Gasteiger partial charge on any atom is 0.327 e. The Balaban J connectivity index is 1.76. The summed E-state index contributed by atoms with van der Waals surface area (Å²) in [6, 6.07) is 8.54. The van der Waals surface area contributed by atoms with Crippen molar-refractivity contribution in [1.82, 2.24) is 16.2 Å². The molecule has 0 aliphatic rings. The zero-order valence-electron chi connectivity index (χ0n) is 15.5. The molecule has 0 radical (unpaired) electrons. The van der Waals surface area contributed by atoms with Crippen molar-refractivity contribution in [3.05, 3.63) is 54.0 Å². The normalized spacial score (nSPS) is 10.4. The fourth-order valence-electron chi connectivity index (χ4n) is 2.12. The molecule has 1 aromatic heterocycles. The Bertz CT molecular complexity index is 845. The lowest BCUT2D eigenvalue weighted by Gasteiger charge is -2.12. The molecule has 3 N–H and O–H groups in total. The summed E-state index contributed by atoms with van der Waals surface area (Å²) >= 11 is 0. The van der Waals surface area contributed by atoms with Gasteiger partial charge in [-0.05, 0) is 36.8 Å². The first-order valence-corrected chi connectivity index (χ1v) is 8.36. The van der Waals surface area contributed by atoms with E-state index in [-0.39, 0.29) is 13.2 Å². The number of hydrogen-bond acceptors (Lipinski definition) is 6. The number of methoxy groups -OCH3 is 1. The lowest BCUT2D eigenvalue weighted by Crippen LogP contribution is -2.49. The highest BCUT2D eigenvalue weighted by molar-refractivity contribution is 6.35. The van der Waals surface area contributed by atoms with Crippen molar-refractivity contribution < 1.29 is 28.3 Å². The van der Waals surface area contributed by atoms with Crippen LogP contribution in [0.3, 0.4) is 0 Å². The van der Waals surface area contributed by atoms with E-state index in [4.69, 9.17) is 13.9 Å². The van der Waals surface area contributed by atoms with Gasteiger partial charge in [-0.3, -0.25) is 25.2 Å². The Morgan fingerprint density at radius 3 is 2.61 bits per heavy atom. The van der Waals surface area contributed by atoms with Crippen molar-refractivity contribution in [2.24, 2.45) is 0 Å². The minimum Gasteiger partial charge on any atom is -0.493 e. The van der Waals surface area contributed by atoms with Crippen LogP contribution in [-0.4, -0.2) is 31.4 Å². The van der Waals surface area contributed by atoms with Crippen LogP contribution in [0.5, 0.6) is 11.5 Å². The van der Waals surface area contributed by atoms with E-state index >= 15 is 0 Å². The summed E-state index contributed by atoms with van der Waals surface area (Å²) in [6.45, 7) is 1.57. The average molecular weight is 387 g/mol. The number of amides is 3. The number of ether oxygens (including phenoxy) is 2. The molecule has 0 saturated carbocycles. The van der Waals surface area contributed by atoms with Crippen LogP contribution in [0.4, 0.5) is 0 Å². The van der Waals surface area contributed by atoms with Gasteiger partial charge in [0.25, 0.3) is 5.91 Å². The standard InChI is InChI=1S/C19H21N3O6/c1-3-5-13-7-8-15(16(10-13)26-2)28-12-17(23)21-22-19(25)18(24)20-11-14-6-4-9-27-14/h3-10H,11-12H2,1-2H3,(H,20,24)(H,21,23)(H,22,25)/b5-3+. The molecule has 2 aromatic rings. The Kier molecular flexibility index (Phi) is 7.64. The molecule has 0 aliphatic heterocycles. The maximum atomic E-state index is 11.8. The first-order chi connectivity index (χ1) is 13.5. The molecule has 0 aliphatic carbocycles. The second-order valence-electron chi connectivity index (χ2n) is 5.46. The van der Waals surface area contributed by atoms with Crippen LogP contribution in [0.15, 0.2) is 47.1 Å². The third-order valence-electron chi connectivity index (χ3n) is 3.43. The quantitative estimate of drug-likeness (QED) is 0.485. The Hall–Kier alpha value is -3.75. The minimum atomic E-state index is -1.02. The molecule has 0 atom stereocenters. The Morgan fingerprint density at radius 2 is 1.93 bits per heavy atom. The third-order valence-corrected chi connectivity index (χ3v) is 3.43. The summed E-state index contributed by atoms with van der Waals surface area (Å²) in [5.74, 6) is -1.26. The minimum absolute atomic E-state index is 0.0549. The van der Waals surface area contributed by atoms with E-state index in [9.17, 15) is 14.4 Å². The van der Waals surface area contributed by atoms with Crippen LogP contribution < -0.4 is 25.6 Å². The number of nitrogens with one attached hydrogen (secondary N) is 3. The molecule has 1 aromatic carbocycles. The second kappa shape index (κ2) is 10.4. The molecule has 148 valence electrons. The van der Waals surface area contributed by atoms with Crippen molar-refractivity contribution in [3.8, 4) is 11.5 Å². The van der Waals surface area contributed by atoms with E-state index in [1.54, 1.807) is 30.3 Å². The van der Waals surface area contributed by atoms with Gasteiger partial charge in [-0.2, -0.15) is 0 Å². The first-order valence-electron chi connectivity index (χ1n) is 8.36. The van der Waals surface area contributed by atoms with Gasteiger partial charge in [0, 0.05) is 0 Å². The Labute approximate surface area is 161 Å². The number of allylic oxidation sites excluding steroid dienone is 1. The number of hydrazine groups is 1. The molecule has 0 unspecified atom stereocenters. The molecule has 9 heteroatoms. The SMILES string of the molecule is C/C=C/c1ccc(OCC(=O)NNC(=O)C(=O)NCc2ccco2)c(OC)c1. The van der Waals surface area contributed by atoms with E-state index in [1.165, 1.54) is 13.4 Å². The fourth-order valence-corrected chi connectivity index (χ4v) is 2.12. The number of hydrogen-bond donors (Lipinski definition) is 3. The molecule has 0 bridgehead atoms. The highest BCUT2D eigenvalue weighted by Gasteiger charge is 2.15. The van der Waals surface area contributed by atoms with Crippen molar-refractivity contribution in [3.63, 3.8) is 0 Å². The first kappa shape index (κ1) is 20.6. The van der Waals surface area contributed by atoms with Crippen LogP contribution in [0.1, 0.15) is 18.2 Å². The van der Waals surface area contributed by atoms with E-state index in [1.807, 2.05) is 24.5 Å². The molecule has 1 heterocycles. The van der Waals surface area contributed by atoms with Gasteiger partial charge in [0.1, 0.15) is 5.76 Å². The van der Waals surface area contributed by atoms with Gasteiger partial charge in [-0.25, -0.2) is 0 Å². The lowest BCUT2D eigenvalue weighted by atomic mass is 10.2. The predicted molar refractivity (Wildman–Crippen MR) is 100 cm³/mol. The van der Waals surface area contributed by atoms with E-state index in [0.717, 1.165) is 5.56 Å². The molecule has 0 spiro atoms. The van der Waals surface area contributed by atoms with Gasteiger partial charge in [0.15, 0.2) is 18.1 Å². The average Bonchev–Trinajstić information content (AvgIpc) is 3.22. The molecule has 3 amide bonds. The molecule has 28 heavy (non-hydrogen) atoms. The van der Waals surface area contributed by atoms with E-state index in [2.05, 4.69) is 10.7 Å². The third kappa shape index (κ3) is 6.20. The zero-order valence-corrected chi connectivity index (χ0v) is 15.5. The van der Waals surface area contributed by atoms with Crippen LogP contribution in [0, 0.1) is 0 Å². The number of carbonyl (C=O) groups is 3. The van der Waals surface area contributed by atoms with E-state index < -0.39 is 17.7 Å². The van der Waals surface area contributed by atoms with Crippen molar-refractivity contribution >= 4 is 23.8 Å². The summed E-state index contributed by atoms with van der Waals surface area (Å²) < 4.78 is 15.6. The van der Waals surface area contributed by atoms with Crippen molar-refractivity contribution in [1.29, 1.82) is 0 Å². The summed E-state index contributed by atoms with van der Waals surface area (Å²) in [4.78, 5) is 35.1. The van der Waals surface area contributed by atoms with Crippen LogP contribution in [0.2, 0.25) is 0 Å². The highest BCUT2D eigenvalue weighted by Crippen LogP contribution is 2.28. The fraction of sp³-hybridized carbons (Fsp3) is 0.211. The van der Waals surface area contributed by atoms with Gasteiger partial charge in [-0.15, -0.1) is 0 Å². The monoisotopic (exact) mass is 387 g/mol. The van der Waals surface area contributed by atoms with Gasteiger partial charge in [0.05, 0.1) is 19.9 Å². The predicted octanol–water partition coefficient (Wildman–Crippen LogP) is 1.16. The zero-order chi connectivity index (χ0) is 20.4. The molecular formula is C19H21N3O6. The number of furan rings is 1. The molecule has 0 saturated heterocycles. The van der Waals surface area contributed by atoms with Crippen LogP contribution in [-0.2, 0) is 20.9 Å². The maximum absolute atomic E-state index is 11.8. The second-order valence-corrected chi connectivity index (χ2v) is 5.46. The van der Waals surface area contributed by atoms with Crippen LogP contribution in [0.25, 0.3) is 6.08 Å². The summed E-state index contributed by atoms with van der Waals surface area (Å²) in [6.07, 6.45) is 5.23. The Morgan fingerprint density at radius 1 is 1.11 bits per heavy atom. The smallest absolute Gasteiger partial charge is 0.327 e.